The number of rotatable bonds is 3. The van der Waals surface area contributed by atoms with Crippen LogP contribution >= 0.6 is 0 Å². The maximum atomic E-state index is 6.08. The van der Waals surface area contributed by atoms with Gasteiger partial charge in [-0.25, -0.2) is 0 Å². The van der Waals surface area contributed by atoms with Crippen LogP contribution in [0.15, 0.2) is 48.5 Å². The average Bonchev–Trinajstić information content (AvgIpc) is 2.68. The quantitative estimate of drug-likeness (QED) is 0.863. The zero-order valence-corrected chi connectivity index (χ0v) is 14.0. The van der Waals surface area contributed by atoms with E-state index >= 15 is 0 Å². The molecule has 0 aromatic heterocycles. The van der Waals surface area contributed by atoms with Crippen molar-refractivity contribution in [2.45, 2.75) is 19.1 Å². The summed E-state index contributed by atoms with van der Waals surface area (Å²) in [6, 6.07) is 17.0. The zero-order valence-electron chi connectivity index (χ0n) is 14.0. The minimum Gasteiger partial charge on any atom is -0.485 e. The maximum absolute atomic E-state index is 6.08. The molecule has 2 aromatic rings. The van der Waals surface area contributed by atoms with Crippen molar-refractivity contribution < 1.29 is 14.2 Å². The van der Waals surface area contributed by atoms with Gasteiger partial charge in [-0.15, -0.1) is 0 Å². The van der Waals surface area contributed by atoms with E-state index in [0.717, 1.165) is 43.4 Å². The van der Waals surface area contributed by atoms with Crippen LogP contribution < -0.4 is 9.47 Å². The molecule has 2 atom stereocenters. The third-order valence-corrected chi connectivity index (χ3v) is 4.89. The van der Waals surface area contributed by atoms with Crippen LogP contribution in [0, 0.1) is 0 Å². The molecule has 0 N–H and O–H groups in total. The van der Waals surface area contributed by atoms with Crippen LogP contribution in [-0.2, 0) is 4.74 Å². The molecule has 24 heavy (non-hydrogen) atoms. The van der Waals surface area contributed by atoms with Gasteiger partial charge in [-0.05, 0) is 30.2 Å². The summed E-state index contributed by atoms with van der Waals surface area (Å²) < 4.78 is 17.3. The predicted molar refractivity (Wildman–Crippen MR) is 92.6 cm³/mol. The van der Waals surface area contributed by atoms with Crippen molar-refractivity contribution in [3.05, 3.63) is 59.7 Å². The Balaban J connectivity index is 1.46. The molecule has 0 radical (unpaired) electrons. The van der Waals surface area contributed by atoms with Gasteiger partial charge >= 0.3 is 0 Å². The summed E-state index contributed by atoms with van der Waals surface area (Å²) in [7, 11) is 0. The lowest BCUT2D eigenvalue weighted by molar-refractivity contribution is 0.0198. The molecule has 0 bridgehead atoms. The molecule has 2 heterocycles. The fraction of sp³-hybridized carbons (Fsp3) is 0.400. The molecule has 4 nitrogen and oxygen atoms in total. The van der Waals surface area contributed by atoms with Gasteiger partial charge in [0, 0.05) is 19.1 Å². The largest absolute Gasteiger partial charge is 0.485 e. The first-order chi connectivity index (χ1) is 11.8. The molecule has 2 unspecified atom stereocenters. The summed E-state index contributed by atoms with van der Waals surface area (Å²) in [5.41, 5.74) is 2.49. The van der Waals surface area contributed by atoms with Crippen molar-refractivity contribution >= 4 is 0 Å². The lowest BCUT2D eigenvalue weighted by atomic mass is 10.0. The highest BCUT2D eigenvalue weighted by atomic mass is 16.6. The first-order valence-corrected chi connectivity index (χ1v) is 8.61. The molecule has 126 valence electrons. The van der Waals surface area contributed by atoms with Gasteiger partial charge in [0.2, 0.25) is 0 Å². The lowest BCUT2D eigenvalue weighted by Gasteiger charge is -2.32. The lowest BCUT2D eigenvalue weighted by Crippen LogP contribution is -2.38. The first kappa shape index (κ1) is 15.5. The SMILES string of the molecule is CC(c1ccc(C2COc3ccccc3O2)cc1)N1CCOCC1. The third kappa shape index (κ3) is 3.12. The fourth-order valence-electron chi connectivity index (χ4n) is 3.35. The van der Waals surface area contributed by atoms with E-state index in [1.54, 1.807) is 0 Å². The smallest absolute Gasteiger partial charge is 0.162 e. The third-order valence-electron chi connectivity index (χ3n) is 4.89. The second kappa shape index (κ2) is 6.83. The molecule has 0 aliphatic carbocycles. The number of ether oxygens (including phenoxy) is 3. The Morgan fingerprint density at radius 1 is 0.958 bits per heavy atom. The van der Waals surface area contributed by atoms with Gasteiger partial charge in [-0.2, -0.15) is 0 Å². The van der Waals surface area contributed by atoms with E-state index in [0.29, 0.717) is 12.6 Å². The molecule has 4 rings (SSSR count). The van der Waals surface area contributed by atoms with Crippen LogP contribution in [0.4, 0.5) is 0 Å². The standard InChI is InChI=1S/C20H23NO3/c1-15(21-10-12-22-13-11-21)16-6-8-17(9-7-16)20-14-23-18-4-2-3-5-19(18)24-20/h2-9,15,20H,10-14H2,1H3. The summed E-state index contributed by atoms with van der Waals surface area (Å²) in [6.45, 7) is 6.47. The van der Waals surface area contributed by atoms with Crippen molar-refractivity contribution in [3.8, 4) is 11.5 Å². The van der Waals surface area contributed by atoms with Gasteiger partial charge in [-0.1, -0.05) is 36.4 Å². The van der Waals surface area contributed by atoms with E-state index in [4.69, 9.17) is 14.2 Å². The van der Waals surface area contributed by atoms with Gasteiger partial charge < -0.3 is 14.2 Å². The van der Waals surface area contributed by atoms with Gasteiger partial charge in [0.05, 0.1) is 13.2 Å². The monoisotopic (exact) mass is 325 g/mol. The highest BCUT2D eigenvalue weighted by Gasteiger charge is 2.23. The summed E-state index contributed by atoms with van der Waals surface area (Å²) in [4.78, 5) is 2.47. The minimum absolute atomic E-state index is 0.0485. The fourth-order valence-corrected chi connectivity index (χ4v) is 3.35. The van der Waals surface area contributed by atoms with E-state index in [-0.39, 0.29) is 6.10 Å². The Morgan fingerprint density at radius 3 is 2.42 bits per heavy atom. The number of fused-ring (bicyclic) bond motifs is 1. The van der Waals surface area contributed by atoms with Crippen molar-refractivity contribution in [2.75, 3.05) is 32.9 Å². The van der Waals surface area contributed by atoms with E-state index in [1.165, 1.54) is 5.56 Å². The average molecular weight is 325 g/mol. The van der Waals surface area contributed by atoms with Crippen LogP contribution in [0.2, 0.25) is 0 Å². The molecule has 0 amide bonds. The van der Waals surface area contributed by atoms with Gasteiger partial charge in [0.15, 0.2) is 17.6 Å². The molecular formula is C20H23NO3. The van der Waals surface area contributed by atoms with Crippen LogP contribution in [-0.4, -0.2) is 37.8 Å². The Kier molecular flexibility index (Phi) is 4.41. The number of nitrogens with zero attached hydrogens (tertiary/aromatic N) is 1. The summed E-state index contributed by atoms with van der Waals surface area (Å²) >= 11 is 0. The second-order valence-corrected chi connectivity index (χ2v) is 6.36. The summed E-state index contributed by atoms with van der Waals surface area (Å²) in [6.07, 6.45) is -0.0485. The van der Waals surface area contributed by atoms with Crippen molar-refractivity contribution in [2.24, 2.45) is 0 Å². The van der Waals surface area contributed by atoms with Crippen molar-refractivity contribution in [3.63, 3.8) is 0 Å². The zero-order chi connectivity index (χ0) is 16.4. The minimum atomic E-state index is -0.0485. The summed E-state index contributed by atoms with van der Waals surface area (Å²) in [5, 5.41) is 0. The normalized spacial score (nSPS) is 22.1. The Bertz CT molecular complexity index is 680. The van der Waals surface area contributed by atoms with Crippen LogP contribution in [0.3, 0.4) is 0 Å². The Labute approximate surface area is 142 Å². The maximum Gasteiger partial charge on any atom is 0.162 e. The van der Waals surface area contributed by atoms with E-state index in [9.17, 15) is 0 Å². The molecule has 2 aliphatic rings. The Hall–Kier alpha value is -2.04. The number of hydrogen-bond acceptors (Lipinski definition) is 4. The van der Waals surface area contributed by atoms with Crippen molar-refractivity contribution in [1.82, 2.24) is 4.90 Å². The second-order valence-electron chi connectivity index (χ2n) is 6.36. The molecule has 4 heteroatoms. The molecule has 0 spiro atoms. The number of hydrogen-bond donors (Lipinski definition) is 0. The van der Waals surface area contributed by atoms with E-state index in [2.05, 4.69) is 36.1 Å². The van der Waals surface area contributed by atoms with Gasteiger partial charge in [0.1, 0.15) is 6.61 Å². The van der Waals surface area contributed by atoms with Gasteiger partial charge in [-0.3, -0.25) is 4.90 Å². The molecule has 1 saturated heterocycles. The molecule has 2 aliphatic heterocycles. The van der Waals surface area contributed by atoms with E-state index in [1.807, 2.05) is 24.3 Å². The van der Waals surface area contributed by atoms with Crippen molar-refractivity contribution in [1.29, 1.82) is 0 Å². The topological polar surface area (TPSA) is 30.9 Å². The number of benzene rings is 2. The van der Waals surface area contributed by atoms with Crippen LogP contribution in [0.1, 0.15) is 30.2 Å². The predicted octanol–water partition coefficient (Wildman–Crippen LogP) is 3.59. The Morgan fingerprint density at radius 2 is 1.67 bits per heavy atom. The van der Waals surface area contributed by atoms with E-state index < -0.39 is 0 Å². The number of para-hydroxylation sites is 2. The highest BCUT2D eigenvalue weighted by molar-refractivity contribution is 5.41. The molecular weight excluding hydrogens is 302 g/mol. The highest BCUT2D eigenvalue weighted by Crippen LogP contribution is 2.36. The van der Waals surface area contributed by atoms with Crippen LogP contribution in [0.5, 0.6) is 11.5 Å². The first-order valence-electron chi connectivity index (χ1n) is 8.61. The van der Waals surface area contributed by atoms with Crippen LogP contribution in [0.25, 0.3) is 0 Å². The number of morpholine rings is 1. The van der Waals surface area contributed by atoms with Gasteiger partial charge in [0.25, 0.3) is 0 Å². The molecule has 0 saturated carbocycles. The summed E-state index contributed by atoms with van der Waals surface area (Å²) in [5.74, 6) is 1.64. The molecule has 2 aromatic carbocycles. The molecule has 1 fully saturated rings.